The highest BCUT2D eigenvalue weighted by Gasteiger charge is 2.18. The fourth-order valence-electron chi connectivity index (χ4n) is 6.45. The molecule has 0 aliphatic rings. The minimum absolute atomic E-state index is 0.0165. The van der Waals surface area contributed by atoms with Crippen LogP contribution in [0.15, 0.2) is 35.2 Å². The van der Waals surface area contributed by atoms with Crippen molar-refractivity contribution in [3.63, 3.8) is 0 Å². The van der Waals surface area contributed by atoms with Crippen molar-refractivity contribution in [3.05, 3.63) is 57.1 Å². The minimum Gasteiger partial charge on any atom is -0.462 e. The summed E-state index contributed by atoms with van der Waals surface area (Å²) < 4.78 is 41.7. The lowest BCUT2D eigenvalue weighted by atomic mass is 10.1. The first kappa shape index (κ1) is 55.0. The van der Waals surface area contributed by atoms with Crippen molar-refractivity contribution in [2.24, 2.45) is 0 Å². The van der Waals surface area contributed by atoms with Gasteiger partial charge in [0.2, 0.25) is 0 Å². The molecule has 10 nitrogen and oxygen atoms in total. The highest BCUT2D eigenvalue weighted by atomic mass is 35.5. The largest absolute Gasteiger partial charge is 0.462 e. The number of hydrogen-bond donors (Lipinski definition) is 1. The Morgan fingerprint density at radius 3 is 1.13 bits per heavy atom. The van der Waals surface area contributed by atoms with Crippen LogP contribution in [0, 0.1) is 0 Å². The minimum atomic E-state index is -2.33. The SMILES string of the molecule is CCCCCCCCCCCCCCOC(=O)c1cc(C(=O)OCCCCCCCCCCCCCC)cc(S(=O)O)c1.CCOC(=O)c1cc(Cl)c(OC(C)=O)c(Cl)c1. The maximum atomic E-state index is 12.6. The molecule has 0 saturated heterocycles. The third-order valence-electron chi connectivity index (χ3n) is 9.80. The molecule has 340 valence electrons. The standard InChI is InChI=1S/C36H62O6S.C11H10Cl2O4/c1-3-5-7-9-11-13-15-17-19-21-23-25-27-41-35(37)32-29-33(31-34(30-32)43(39)40)36(38)42-28-26-24-22-20-18-16-14-12-10-8-6-4-2;1-3-16-11(15)7-4-8(12)10(9(13)5-7)17-6(2)14/h29-31H,3-28H2,1-2H3,(H,39,40);4-5H,3H2,1-2H3. The van der Waals surface area contributed by atoms with Crippen LogP contribution in [0.2, 0.25) is 10.0 Å². The van der Waals surface area contributed by atoms with E-state index >= 15 is 0 Å². The van der Waals surface area contributed by atoms with Crippen molar-refractivity contribution in [2.45, 2.75) is 187 Å². The maximum absolute atomic E-state index is 12.6. The maximum Gasteiger partial charge on any atom is 0.338 e. The molecular formula is C47H72Cl2O10S. The molecule has 2 rings (SSSR count). The molecule has 13 heteroatoms. The van der Waals surface area contributed by atoms with Crippen molar-refractivity contribution in [1.82, 2.24) is 0 Å². The number of rotatable bonds is 32. The zero-order chi connectivity index (χ0) is 44.4. The van der Waals surface area contributed by atoms with Gasteiger partial charge in [-0.15, -0.1) is 0 Å². The predicted octanol–water partition coefficient (Wildman–Crippen LogP) is 14.1. The van der Waals surface area contributed by atoms with Crippen molar-refractivity contribution in [2.75, 3.05) is 19.8 Å². The number of carbonyl (C=O) groups is 4. The van der Waals surface area contributed by atoms with Crippen molar-refractivity contribution in [3.8, 4) is 5.75 Å². The lowest BCUT2D eigenvalue weighted by Gasteiger charge is -2.09. The van der Waals surface area contributed by atoms with Gasteiger partial charge >= 0.3 is 23.9 Å². The Bertz CT molecular complexity index is 1470. The summed E-state index contributed by atoms with van der Waals surface area (Å²) in [5.41, 5.74) is 0.394. The van der Waals surface area contributed by atoms with E-state index in [9.17, 15) is 27.9 Å². The second kappa shape index (κ2) is 35.6. The molecule has 0 aromatic heterocycles. The quantitative estimate of drug-likeness (QED) is 0.0248. The molecule has 0 saturated carbocycles. The van der Waals surface area contributed by atoms with E-state index in [1.165, 1.54) is 153 Å². The van der Waals surface area contributed by atoms with Crippen molar-refractivity contribution in [1.29, 1.82) is 0 Å². The summed E-state index contributed by atoms with van der Waals surface area (Å²) in [6.07, 6.45) is 29.4. The smallest absolute Gasteiger partial charge is 0.338 e. The fraction of sp³-hybridized carbons (Fsp3) is 0.660. The first-order valence-electron chi connectivity index (χ1n) is 22.4. The normalized spacial score (nSPS) is 11.3. The lowest BCUT2D eigenvalue weighted by Crippen LogP contribution is -2.12. The molecule has 0 fully saturated rings. The summed E-state index contributed by atoms with van der Waals surface area (Å²) in [6.45, 7) is 8.24. The summed E-state index contributed by atoms with van der Waals surface area (Å²) >= 11 is 9.38. The molecule has 0 radical (unpaired) electrons. The Balaban J connectivity index is 0.000000877. The van der Waals surface area contributed by atoms with E-state index < -0.39 is 35.0 Å². The number of carbonyl (C=O) groups excluding carboxylic acids is 4. The Kier molecular flexibility index (Phi) is 32.6. The molecule has 2 aromatic rings. The fourth-order valence-corrected chi connectivity index (χ4v) is 7.47. The summed E-state index contributed by atoms with van der Waals surface area (Å²) in [4.78, 5) is 47.5. The van der Waals surface area contributed by atoms with Crippen molar-refractivity contribution < 1.29 is 46.9 Å². The van der Waals surface area contributed by atoms with E-state index in [1.807, 2.05) is 0 Å². The molecule has 0 amide bonds. The van der Waals surface area contributed by atoms with Gasteiger partial charge in [0.25, 0.3) is 0 Å². The van der Waals surface area contributed by atoms with Crippen LogP contribution in [0.25, 0.3) is 0 Å². The summed E-state index contributed by atoms with van der Waals surface area (Å²) in [5.74, 6) is -2.23. The zero-order valence-electron chi connectivity index (χ0n) is 36.8. The van der Waals surface area contributed by atoms with E-state index in [4.69, 9.17) is 42.1 Å². The predicted molar refractivity (Wildman–Crippen MR) is 242 cm³/mol. The van der Waals surface area contributed by atoms with Gasteiger partial charge in [0, 0.05) is 6.92 Å². The zero-order valence-corrected chi connectivity index (χ0v) is 39.1. The molecule has 0 aliphatic heterocycles. The lowest BCUT2D eigenvalue weighted by molar-refractivity contribution is -0.131. The number of unbranched alkanes of at least 4 members (excludes halogenated alkanes) is 22. The highest BCUT2D eigenvalue weighted by Crippen LogP contribution is 2.34. The third-order valence-corrected chi connectivity index (χ3v) is 11.0. The molecule has 0 aliphatic carbocycles. The molecule has 1 N–H and O–H groups in total. The van der Waals surface area contributed by atoms with Crippen LogP contribution in [0.5, 0.6) is 5.75 Å². The summed E-state index contributed by atoms with van der Waals surface area (Å²) in [5, 5.41) is 0.159. The monoisotopic (exact) mass is 898 g/mol. The van der Waals surface area contributed by atoms with Gasteiger partial charge in [0.1, 0.15) is 0 Å². The van der Waals surface area contributed by atoms with Crippen molar-refractivity contribution >= 4 is 58.2 Å². The third kappa shape index (κ3) is 26.4. The number of esters is 4. The van der Waals surface area contributed by atoms with Gasteiger partial charge in [0.15, 0.2) is 16.8 Å². The van der Waals surface area contributed by atoms with E-state index in [0.29, 0.717) is 13.2 Å². The van der Waals surface area contributed by atoms with E-state index in [2.05, 4.69) is 13.8 Å². The van der Waals surface area contributed by atoms with Gasteiger partial charge in [-0.25, -0.2) is 18.6 Å². The van der Waals surface area contributed by atoms with Crippen LogP contribution in [0.1, 0.15) is 213 Å². The summed E-state index contributed by atoms with van der Waals surface area (Å²) in [6, 6.07) is 6.68. The highest BCUT2D eigenvalue weighted by molar-refractivity contribution is 7.79. The number of ether oxygens (including phenoxy) is 4. The first-order valence-corrected chi connectivity index (χ1v) is 24.3. The van der Waals surface area contributed by atoms with Crippen LogP contribution in [-0.2, 0) is 30.1 Å². The van der Waals surface area contributed by atoms with E-state index in [1.54, 1.807) is 6.92 Å². The topological polar surface area (TPSA) is 143 Å². The second-order valence-electron chi connectivity index (χ2n) is 15.1. The van der Waals surface area contributed by atoms with Crippen LogP contribution >= 0.6 is 23.2 Å². The van der Waals surface area contributed by atoms with Gasteiger partial charge in [-0.1, -0.05) is 178 Å². The average Bonchev–Trinajstić information content (AvgIpc) is 3.22. The van der Waals surface area contributed by atoms with Crippen LogP contribution < -0.4 is 4.74 Å². The summed E-state index contributed by atoms with van der Waals surface area (Å²) in [7, 11) is 0. The van der Waals surface area contributed by atoms with Gasteiger partial charge in [-0.3, -0.25) is 4.79 Å². The Hall–Kier alpha value is -2.99. The number of halogens is 2. The number of benzene rings is 2. The molecule has 2 aromatic carbocycles. The Morgan fingerprint density at radius 1 is 0.500 bits per heavy atom. The van der Waals surface area contributed by atoms with Gasteiger partial charge < -0.3 is 23.5 Å². The van der Waals surface area contributed by atoms with E-state index in [-0.39, 0.29) is 44.0 Å². The molecular weight excluding hydrogens is 827 g/mol. The number of hydrogen-bond acceptors (Lipinski definition) is 9. The van der Waals surface area contributed by atoms with Gasteiger partial charge in [-0.2, -0.15) is 0 Å². The van der Waals surface area contributed by atoms with Crippen LogP contribution in [-0.4, -0.2) is 52.5 Å². The molecule has 0 spiro atoms. The Labute approximate surface area is 372 Å². The molecule has 60 heavy (non-hydrogen) atoms. The first-order chi connectivity index (χ1) is 28.9. The van der Waals surface area contributed by atoms with Gasteiger partial charge in [0.05, 0.1) is 51.5 Å². The molecule has 0 heterocycles. The van der Waals surface area contributed by atoms with Crippen LogP contribution in [0.4, 0.5) is 0 Å². The van der Waals surface area contributed by atoms with Gasteiger partial charge in [-0.05, 0) is 50.1 Å². The average molecular weight is 900 g/mol. The molecule has 0 bridgehead atoms. The van der Waals surface area contributed by atoms with Crippen LogP contribution in [0.3, 0.4) is 0 Å². The molecule has 1 unspecified atom stereocenters. The van der Waals surface area contributed by atoms with E-state index in [0.717, 1.165) is 38.5 Å². The molecule has 1 atom stereocenters. The Morgan fingerprint density at radius 2 is 0.817 bits per heavy atom. The second-order valence-corrected chi connectivity index (χ2v) is 16.9.